The Morgan fingerprint density at radius 2 is 1.83 bits per heavy atom. The molecule has 0 saturated heterocycles. The predicted octanol–water partition coefficient (Wildman–Crippen LogP) is 4.10. The van der Waals surface area contributed by atoms with E-state index in [4.69, 9.17) is 4.74 Å². The zero-order chi connectivity index (χ0) is 16.9. The van der Waals surface area contributed by atoms with Crippen molar-refractivity contribution in [2.75, 3.05) is 11.9 Å². The zero-order valence-electron chi connectivity index (χ0n) is 14.1. The van der Waals surface area contributed by atoms with Crippen LogP contribution < -0.4 is 15.6 Å². The number of pyridine rings is 1. The number of fused-ring (bicyclic) bond motifs is 1. The van der Waals surface area contributed by atoms with Crippen molar-refractivity contribution in [2.24, 2.45) is 0 Å². The minimum absolute atomic E-state index is 0.0654. The van der Waals surface area contributed by atoms with Gasteiger partial charge < -0.3 is 15.0 Å². The lowest BCUT2D eigenvalue weighted by Gasteiger charge is -2.09. The SMILES string of the molecule is CCOc1ccc2[nH]c(=O)c(CNc3ccc(CC)cc3)cc2c1. The molecule has 2 aromatic carbocycles. The van der Waals surface area contributed by atoms with Gasteiger partial charge in [0, 0.05) is 28.7 Å². The van der Waals surface area contributed by atoms with Gasteiger partial charge >= 0.3 is 0 Å². The lowest BCUT2D eigenvalue weighted by atomic mass is 10.1. The Bertz CT molecular complexity index is 882. The molecule has 0 atom stereocenters. The Kier molecular flexibility index (Phi) is 4.85. The molecule has 0 spiro atoms. The smallest absolute Gasteiger partial charge is 0.253 e. The molecule has 3 rings (SSSR count). The summed E-state index contributed by atoms with van der Waals surface area (Å²) >= 11 is 0. The lowest BCUT2D eigenvalue weighted by molar-refractivity contribution is 0.340. The highest BCUT2D eigenvalue weighted by atomic mass is 16.5. The standard InChI is InChI=1S/C20H22N2O2/c1-3-14-5-7-17(8-6-14)21-13-16-11-15-12-18(24-4-2)9-10-19(15)22-20(16)23/h5-12,21H,3-4,13H2,1-2H3,(H,22,23). The third-order valence-electron chi connectivity index (χ3n) is 4.05. The number of H-pyrrole nitrogens is 1. The molecule has 0 amide bonds. The van der Waals surface area contributed by atoms with E-state index in [0.29, 0.717) is 18.7 Å². The summed E-state index contributed by atoms with van der Waals surface area (Å²) in [7, 11) is 0. The molecule has 124 valence electrons. The van der Waals surface area contributed by atoms with Gasteiger partial charge in [0.25, 0.3) is 5.56 Å². The van der Waals surface area contributed by atoms with E-state index in [0.717, 1.165) is 28.8 Å². The second kappa shape index (κ2) is 7.21. The molecule has 0 fully saturated rings. The van der Waals surface area contributed by atoms with Gasteiger partial charge in [-0.25, -0.2) is 0 Å². The van der Waals surface area contributed by atoms with Crippen LogP contribution in [0.4, 0.5) is 5.69 Å². The van der Waals surface area contributed by atoms with Gasteiger partial charge in [-0.3, -0.25) is 4.79 Å². The van der Waals surface area contributed by atoms with E-state index in [1.807, 2.05) is 43.3 Å². The molecule has 0 radical (unpaired) electrons. The van der Waals surface area contributed by atoms with Crippen molar-refractivity contribution in [3.63, 3.8) is 0 Å². The van der Waals surface area contributed by atoms with Crippen molar-refractivity contribution in [3.05, 3.63) is 70.0 Å². The first-order valence-corrected chi connectivity index (χ1v) is 8.31. The van der Waals surface area contributed by atoms with Crippen LogP contribution in [0, 0.1) is 0 Å². The second-order valence-electron chi connectivity index (χ2n) is 5.71. The monoisotopic (exact) mass is 322 g/mol. The van der Waals surface area contributed by atoms with Crippen LogP contribution in [-0.4, -0.2) is 11.6 Å². The van der Waals surface area contributed by atoms with Crippen LogP contribution in [0.3, 0.4) is 0 Å². The molecule has 24 heavy (non-hydrogen) atoms. The van der Waals surface area contributed by atoms with Crippen molar-refractivity contribution in [2.45, 2.75) is 26.8 Å². The topological polar surface area (TPSA) is 54.1 Å². The Hall–Kier alpha value is -2.75. The summed E-state index contributed by atoms with van der Waals surface area (Å²) in [6.45, 7) is 5.19. The fourth-order valence-corrected chi connectivity index (χ4v) is 2.67. The summed E-state index contributed by atoms with van der Waals surface area (Å²) in [4.78, 5) is 15.2. The number of benzene rings is 2. The normalized spacial score (nSPS) is 10.8. The van der Waals surface area contributed by atoms with Crippen LogP contribution in [0.2, 0.25) is 0 Å². The number of hydrogen-bond acceptors (Lipinski definition) is 3. The molecular weight excluding hydrogens is 300 g/mol. The molecular formula is C20H22N2O2. The minimum Gasteiger partial charge on any atom is -0.494 e. The fraction of sp³-hybridized carbons (Fsp3) is 0.250. The molecule has 0 bridgehead atoms. The second-order valence-corrected chi connectivity index (χ2v) is 5.71. The van der Waals surface area contributed by atoms with Crippen LogP contribution in [0.15, 0.2) is 53.3 Å². The number of anilines is 1. The number of rotatable bonds is 6. The van der Waals surface area contributed by atoms with Gasteiger partial charge in [-0.1, -0.05) is 19.1 Å². The molecule has 0 unspecified atom stereocenters. The predicted molar refractivity (Wildman–Crippen MR) is 98.9 cm³/mol. The van der Waals surface area contributed by atoms with Gasteiger partial charge in [-0.05, 0) is 55.3 Å². The van der Waals surface area contributed by atoms with Crippen molar-refractivity contribution in [1.82, 2.24) is 4.98 Å². The molecule has 1 aromatic heterocycles. The maximum atomic E-state index is 12.2. The summed E-state index contributed by atoms with van der Waals surface area (Å²) in [5.74, 6) is 0.811. The first-order valence-electron chi connectivity index (χ1n) is 8.31. The fourth-order valence-electron chi connectivity index (χ4n) is 2.67. The molecule has 0 aliphatic carbocycles. The van der Waals surface area contributed by atoms with Gasteiger partial charge in [0.05, 0.1) is 6.61 Å². The summed E-state index contributed by atoms with van der Waals surface area (Å²) in [6.07, 6.45) is 1.02. The molecule has 0 aliphatic rings. The van der Waals surface area contributed by atoms with Gasteiger partial charge in [0.15, 0.2) is 0 Å². The van der Waals surface area contributed by atoms with Gasteiger partial charge in [-0.2, -0.15) is 0 Å². The van der Waals surface area contributed by atoms with Crippen molar-refractivity contribution in [1.29, 1.82) is 0 Å². The van der Waals surface area contributed by atoms with Crippen LogP contribution >= 0.6 is 0 Å². The molecule has 4 heteroatoms. The zero-order valence-corrected chi connectivity index (χ0v) is 14.1. The molecule has 0 saturated carbocycles. The van der Waals surface area contributed by atoms with Crippen molar-refractivity contribution >= 4 is 16.6 Å². The van der Waals surface area contributed by atoms with Crippen LogP contribution in [0.5, 0.6) is 5.75 Å². The maximum absolute atomic E-state index is 12.2. The third kappa shape index (κ3) is 3.59. The van der Waals surface area contributed by atoms with E-state index < -0.39 is 0 Å². The summed E-state index contributed by atoms with van der Waals surface area (Å²) in [5, 5.41) is 4.28. The molecule has 1 heterocycles. The number of aryl methyl sites for hydroxylation is 1. The largest absolute Gasteiger partial charge is 0.494 e. The molecule has 4 nitrogen and oxygen atoms in total. The highest BCUT2D eigenvalue weighted by molar-refractivity contribution is 5.80. The number of hydrogen-bond donors (Lipinski definition) is 2. The Balaban J connectivity index is 1.82. The number of nitrogens with one attached hydrogen (secondary N) is 2. The highest BCUT2D eigenvalue weighted by Gasteiger charge is 2.05. The van der Waals surface area contributed by atoms with Crippen molar-refractivity contribution < 1.29 is 4.74 Å². The number of aromatic nitrogens is 1. The molecule has 3 aromatic rings. The van der Waals surface area contributed by atoms with Crippen LogP contribution in [0.1, 0.15) is 25.0 Å². The average Bonchev–Trinajstić information content (AvgIpc) is 2.61. The molecule has 0 aliphatic heterocycles. The Morgan fingerprint density at radius 1 is 1.04 bits per heavy atom. The molecule has 2 N–H and O–H groups in total. The van der Waals surface area contributed by atoms with E-state index in [1.165, 1.54) is 5.56 Å². The number of aromatic amines is 1. The van der Waals surface area contributed by atoms with Crippen molar-refractivity contribution in [3.8, 4) is 5.75 Å². The van der Waals surface area contributed by atoms with E-state index in [1.54, 1.807) is 0 Å². The average molecular weight is 322 g/mol. The first-order chi connectivity index (χ1) is 11.7. The highest BCUT2D eigenvalue weighted by Crippen LogP contribution is 2.19. The van der Waals surface area contributed by atoms with E-state index >= 15 is 0 Å². The van der Waals surface area contributed by atoms with Gasteiger partial charge in [0.2, 0.25) is 0 Å². The Morgan fingerprint density at radius 3 is 2.54 bits per heavy atom. The minimum atomic E-state index is -0.0654. The van der Waals surface area contributed by atoms with Gasteiger partial charge in [-0.15, -0.1) is 0 Å². The summed E-state index contributed by atoms with van der Waals surface area (Å²) in [6, 6.07) is 15.9. The maximum Gasteiger partial charge on any atom is 0.253 e. The summed E-state index contributed by atoms with van der Waals surface area (Å²) in [5.41, 5.74) is 3.77. The van der Waals surface area contributed by atoms with E-state index in [-0.39, 0.29) is 5.56 Å². The summed E-state index contributed by atoms with van der Waals surface area (Å²) < 4.78 is 5.53. The number of ether oxygens (including phenoxy) is 1. The van der Waals surface area contributed by atoms with E-state index in [9.17, 15) is 4.79 Å². The van der Waals surface area contributed by atoms with Crippen LogP contribution in [-0.2, 0) is 13.0 Å². The first kappa shape index (κ1) is 16.1. The Labute approximate surface area is 141 Å². The lowest BCUT2D eigenvalue weighted by Crippen LogP contribution is -2.15. The quantitative estimate of drug-likeness (QED) is 0.718. The van der Waals surface area contributed by atoms with E-state index in [2.05, 4.69) is 29.4 Å². The van der Waals surface area contributed by atoms with Crippen LogP contribution in [0.25, 0.3) is 10.9 Å². The third-order valence-corrected chi connectivity index (χ3v) is 4.05. The van der Waals surface area contributed by atoms with Gasteiger partial charge in [0.1, 0.15) is 5.75 Å².